The monoisotopic (exact) mass is 384 g/mol. The second kappa shape index (κ2) is 6.62. The molecular weight excluding hydrogens is 371 g/mol. The van der Waals surface area contributed by atoms with Crippen molar-refractivity contribution in [3.05, 3.63) is 61.8 Å². The van der Waals surface area contributed by atoms with Crippen LogP contribution in [0, 0.1) is 3.57 Å². The smallest absolute Gasteiger partial charge is 0.267 e. The molecule has 3 N–H and O–H groups in total. The molecule has 7 heteroatoms. The molecule has 0 unspecified atom stereocenters. The van der Waals surface area contributed by atoms with Crippen LogP contribution in [0.1, 0.15) is 11.1 Å². The molecular formula is C13H13IN4O2. The first-order valence-electron chi connectivity index (χ1n) is 5.87. The molecule has 2 rings (SSSR count). The number of nitrogens with zero attached hydrogens (tertiary/aromatic N) is 2. The number of hydrogen-bond donors (Lipinski definition) is 2. The van der Waals surface area contributed by atoms with Crippen molar-refractivity contribution >= 4 is 28.5 Å². The number of hydrazine groups is 1. The maximum Gasteiger partial charge on any atom is 0.267 e. The molecule has 2 aromatic rings. The van der Waals surface area contributed by atoms with Crippen LogP contribution >= 0.6 is 22.6 Å². The number of carbonyl (C=O) groups excluding carboxylic acids is 1. The molecule has 104 valence electrons. The molecule has 0 radical (unpaired) electrons. The van der Waals surface area contributed by atoms with Crippen LogP contribution in [0.4, 0.5) is 0 Å². The summed E-state index contributed by atoms with van der Waals surface area (Å²) in [7, 11) is 0. The number of benzene rings is 1. The third-order valence-electron chi connectivity index (χ3n) is 2.76. The number of carbonyl (C=O) groups is 1. The van der Waals surface area contributed by atoms with E-state index in [1.165, 1.54) is 12.5 Å². The first kappa shape index (κ1) is 14.7. The van der Waals surface area contributed by atoms with Crippen molar-refractivity contribution < 1.29 is 4.79 Å². The van der Waals surface area contributed by atoms with Crippen molar-refractivity contribution in [3.8, 4) is 0 Å². The number of aromatic nitrogens is 2. The molecule has 0 aliphatic rings. The molecule has 1 aromatic heterocycles. The minimum absolute atomic E-state index is 0.0628. The third kappa shape index (κ3) is 3.64. The fourth-order valence-electron chi connectivity index (χ4n) is 1.73. The molecule has 1 amide bonds. The van der Waals surface area contributed by atoms with Crippen LogP contribution < -0.4 is 16.8 Å². The molecule has 0 bridgehead atoms. The molecule has 0 saturated heterocycles. The van der Waals surface area contributed by atoms with Gasteiger partial charge >= 0.3 is 0 Å². The number of halogens is 1. The van der Waals surface area contributed by atoms with Gasteiger partial charge in [-0.05, 0) is 33.7 Å². The molecule has 20 heavy (non-hydrogen) atoms. The van der Waals surface area contributed by atoms with Crippen molar-refractivity contribution in [3.63, 3.8) is 0 Å². The Balaban J connectivity index is 2.13. The van der Waals surface area contributed by atoms with Crippen LogP contribution in [-0.4, -0.2) is 15.5 Å². The van der Waals surface area contributed by atoms with Gasteiger partial charge in [0.1, 0.15) is 0 Å². The van der Waals surface area contributed by atoms with E-state index in [1.807, 2.05) is 46.9 Å². The second-order valence-electron chi connectivity index (χ2n) is 4.24. The lowest BCUT2D eigenvalue weighted by Gasteiger charge is -2.06. The Bertz CT molecular complexity index is 667. The number of nitrogens with one attached hydrogen (secondary N) is 1. The lowest BCUT2D eigenvalue weighted by atomic mass is 10.1. The van der Waals surface area contributed by atoms with E-state index in [0.29, 0.717) is 10.1 Å². The van der Waals surface area contributed by atoms with Gasteiger partial charge < -0.3 is 0 Å². The van der Waals surface area contributed by atoms with Gasteiger partial charge in [0.25, 0.3) is 5.56 Å². The lowest BCUT2D eigenvalue weighted by Crippen LogP contribution is -2.31. The summed E-state index contributed by atoms with van der Waals surface area (Å²) in [6, 6.07) is 7.45. The van der Waals surface area contributed by atoms with E-state index in [-0.39, 0.29) is 17.9 Å². The fraction of sp³-hybridized carbons (Fsp3) is 0.154. The molecule has 1 aromatic carbocycles. The molecule has 0 aliphatic carbocycles. The van der Waals surface area contributed by atoms with Crippen molar-refractivity contribution in [2.75, 3.05) is 0 Å². The summed E-state index contributed by atoms with van der Waals surface area (Å²) in [4.78, 5) is 27.0. The summed E-state index contributed by atoms with van der Waals surface area (Å²) in [6.07, 6.45) is 3.29. The maximum absolute atomic E-state index is 11.9. The Morgan fingerprint density at radius 2 is 1.95 bits per heavy atom. The lowest BCUT2D eigenvalue weighted by molar-refractivity contribution is -0.120. The predicted octanol–water partition coefficient (Wildman–Crippen LogP) is 0.429. The highest BCUT2D eigenvalue weighted by Gasteiger charge is 2.04. The normalized spacial score (nSPS) is 10.3. The van der Waals surface area contributed by atoms with E-state index in [1.54, 1.807) is 4.57 Å². The average Bonchev–Trinajstić information content (AvgIpc) is 2.46. The second-order valence-corrected chi connectivity index (χ2v) is 5.40. The fourth-order valence-corrected chi connectivity index (χ4v) is 2.20. The Morgan fingerprint density at radius 1 is 1.30 bits per heavy atom. The van der Waals surface area contributed by atoms with Gasteiger partial charge in [-0.3, -0.25) is 19.6 Å². The van der Waals surface area contributed by atoms with Gasteiger partial charge in [-0.2, -0.15) is 0 Å². The zero-order valence-electron chi connectivity index (χ0n) is 10.5. The molecule has 0 saturated carbocycles. The third-order valence-corrected chi connectivity index (χ3v) is 3.50. The van der Waals surface area contributed by atoms with Crippen LogP contribution in [-0.2, 0) is 17.8 Å². The zero-order valence-corrected chi connectivity index (χ0v) is 12.7. The van der Waals surface area contributed by atoms with Crippen LogP contribution in [0.5, 0.6) is 0 Å². The van der Waals surface area contributed by atoms with Crippen molar-refractivity contribution in [1.82, 2.24) is 15.0 Å². The van der Waals surface area contributed by atoms with Gasteiger partial charge in [-0.15, -0.1) is 0 Å². The molecule has 0 fully saturated rings. The Kier molecular flexibility index (Phi) is 4.85. The number of amides is 1. The topological polar surface area (TPSA) is 90.0 Å². The Hall–Kier alpha value is -1.74. The van der Waals surface area contributed by atoms with Crippen LogP contribution in [0.3, 0.4) is 0 Å². The van der Waals surface area contributed by atoms with Gasteiger partial charge in [0.2, 0.25) is 5.91 Å². The van der Waals surface area contributed by atoms with E-state index in [2.05, 4.69) is 10.4 Å². The standard InChI is InChI=1S/C13H13IN4O2/c14-11-6-16-8-18(13(11)20)7-10-3-1-9(2-4-10)5-12(19)17-15/h1-4,6,8H,5,7,15H2,(H,17,19). The number of rotatable bonds is 4. The average molecular weight is 384 g/mol. The van der Waals surface area contributed by atoms with E-state index < -0.39 is 0 Å². The van der Waals surface area contributed by atoms with Gasteiger partial charge in [-0.25, -0.2) is 10.8 Å². The summed E-state index contributed by atoms with van der Waals surface area (Å²) in [5, 5.41) is 0. The van der Waals surface area contributed by atoms with Crippen molar-refractivity contribution in [2.45, 2.75) is 13.0 Å². The summed E-state index contributed by atoms with van der Waals surface area (Å²) >= 11 is 1.96. The quantitative estimate of drug-likeness (QED) is 0.346. The van der Waals surface area contributed by atoms with Crippen LogP contribution in [0.2, 0.25) is 0 Å². The largest absolute Gasteiger partial charge is 0.294 e. The van der Waals surface area contributed by atoms with Gasteiger partial charge in [0, 0.05) is 6.20 Å². The number of nitrogens with two attached hydrogens (primary N) is 1. The van der Waals surface area contributed by atoms with Gasteiger partial charge in [0.15, 0.2) is 0 Å². The van der Waals surface area contributed by atoms with Gasteiger partial charge in [-0.1, -0.05) is 24.3 Å². The van der Waals surface area contributed by atoms with Crippen molar-refractivity contribution in [1.29, 1.82) is 0 Å². The first-order chi connectivity index (χ1) is 9.60. The van der Waals surface area contributed by atoms with E-state index >= 15 is 0 Å². The molecule has 6 nitrogen and oxygen atoms in total. The van der Waals surface area contributed by atoms with E-state index in [4.69, 9.17) is 5.84 Å². The van der Waals surface area contributed by atoms with Crippen molar-refractivity contribution in [2.24, 2.45) is 5.84 Å². The Morgan fingerprint density at radius 3 is 2.60 bits per heavy atom. The molecule has 0 atom stereocenters. The number of hydrogen-bond acceptors (Lipinski definition) is 4. The summed E-state index contributed by atoms with van der Waals surface area (Å²) < 4.78 is 2.13. The minimum atomic E-state index is -0.240. The van der Waals surface area contributed by atoms with Gasteiger partial charge in [0.05, 0.1) is 22.9 Å². The minimum Gasteiger partial charge on any atom is -0.294 e. The maximum atomic E-state index is 11.9. The highest BCUT2D eigenvalue weighted by Crippen LogP contribution is 2.06. The first-order valence-corrected chi connectivity index (χ1v) is 6.95. The SMILES string of the molecule is NNC(=O)Cc1ccc(Cn2cncc(I)c2=O)cc1. The van der Waals surface area contributed by atoms with E-state index in [0.717, 1.165) is 11.1 Å². The molecule has 1 heterocycles. The predicted molar refractivity (Wildman–Crippen MR) is 82.8 cm³/mol. The molecule has 0 spiro atoms. The Labute approximate surface area is 129 Å². The van der Waals surface area contributed by atoms with E-state index in [9.17, 15) is 9.59 Å². The highest BCUT2D eigenvalue weighted by atomic mass is 127. The zero-order chi connectivity index (χ0) is 14.5. The summed E-state index contributed by atoms with van der Waals surface area (Å²) in [5.41, 5.74) is 3.86. The van der Waals surface area contributed by atoms with Crippen LogP contribution in [0.25, 0.3) is 0 Å². The highest BCUT2D eigenvalue weighted by molar-refractivity contribution is 14.1. The molecule has 0 aliphatic heterocycles. The van der Waals surface area contributed by atoms with Crippen LogP contribution in [0.15, 0.2) is 41.6 Å². The summed E-state index contributed by atoms with van der Waals surface area (Å²) in [6.45, 7) is 0.450. The summed E-state index contributed by atoms with van der Waals surface area (Å²) in [5.74, 6) is 4.80.